The first kappa shape index (κ1) is 11.2. The maximum absolute atomic E-state index is 12.1. The first-order valence-corrected chi connectivity index (χ1v) is 6.70. The van der Waals surface area contributed by atoms with Gasteiger partial charge in [-0.15, -0.1) is 0 Å². The highest BCUT2D eigenvalue weighted by molar-refractivity contribution is 5.81. The molecule has 0 heterocycles. The zero-order valence-corrected chi connectivity index (χ0v) is 9.71. The zero-order valence-electron chi connectivity index (χ0n) is 9.71. The Morgan fingerprint density at radius 1 is 1.00 bits per heavy atom. The molecular formula is C14H23O. The van der Waals surface area contributed by atoms with Crippen molar-refractivity contribution in [2.45, 2.75) is 64.2 Å². The molecule has 0 N–H and O–H groups in total. The Hall–Kier alpha value is -0.330. The second-order valence-corrected chi connectivity index (χ2v) is 5.31. The lowest BCUT2D eigenvalue weighted by Gasteiger charge is -2.25. The Kier molecular flexibility index (Phi) is 4.22. The molecule has 0 atom stereocenters. The molecule has 0 saturated heterocycles. The summed E-state index contributed by atoms with van der Waals surface area (Å²) in [5.41, 5.74) is 0. The van der Waals surface area contributed by atoms with E-state index in [1.807, 2.05) is 0 Å². The van der Waals surface area contributed by atoms with E-state index in [9.17, 15) is 4.79 Å². The average Bonchev–Trinajstić information content (AvgIpc) is 2.31. The van der Waals surface area contributed by atoms with Crippen LogP contribution in [0.2, 0.25) is 0 Å². The van der Waals surface area contributed by atoms with Gasteiger partial charge in [0, 0.05) is 12.3 Å². The lowest BCUT2D eigenvalue weighted by atomic mass is 9.79. The molecule has 2 rings (SSSR count). The van der Waals surface area contributed by atoms with Crippen LogP contribution >= 0.6 is 0 Å². The molecule has 0 bridgehead atoms. The van der Waals surface area contributed by atoms with Crippen molar-refractivity contribution >= 4 is 5.78 Å². The summed E-state index contributed by atoms with van der Waals surface area (Å²) in [5.74, 6) is 1.73. The molecule has 1 heteroatoms. The van der Waals surface area contributed by atoms with E-state index in [1.165, 1.54) is 44.9 Å². The van der Waals surface area contributed by atoms with Crippen LogP contribution < -0.4 is 0 Å². The molecule has 0 unspecified atom stereocenters. The molecule has 1 radical (unpaired) electrons. The fraction of sp³-hybridized carbons (Fsp3) is 0.857. The number of carbonyl (C=O) groups excluding carboxylic acids is 1. The van der Waals surface area contributed by atoms with E-state index in [0.29, 0.717) is 11.7 Å². The van der Waals surface area contributed by atoms with Crippen molar-refractivity contribution in [3.05, 3.63) is 6.42 Å². The standard InChI is InChI=1S/C14H23O/c15-14(13-9-5-2-6-10-13)11-12-7-3-1-4-8-12/h2,12-13H,1,3-11H2. The van der Waals surface area contributed by atoms with Crippen LogP contribution in [0, 0.1) is 18.3 Å². The van der Waals surface area contributed by atoms with Gasteiger partial charge in [0.1, 0.15) is 5.78 Å². The summed E-state index contributed by atoms with van der Waals surface area (Å²) in [4.78, 5) is 12.1. The SMILES string of the molecule is O=C(CC1CCCCC1)C1CC[CH]CC1. The van der Waals surface area contributed by atoms with Crippen LogP contribution in [0.5, 0.6) is 0 Å². The van der Waals surface area contributed by atoms with E-state index < -0.39 is 0 Å². The molecule has 1 nitrogen and oxygen atoms in total. The predicted molar refractivity (Wildman–Crippen MR) is 62.5 cm³/mol. The summed E-state index contributed by atoms with van der Waals surface area (Å²) in [6.07, 6.45) is 14.6. The van der Waals surface area contributed by atoms with Crippen molar-refractivity contribution in [3.63, 3.8) is 0 Å². The van der Waals surface area contributed by atoms with Crippen LogP contribution in [-0.4, -0.2) is 5.78 Å². The summed E-state index contributed by atoms with van der Waals surface area (Å²) in [6.45, 7) is 0. The minimum Gasteiger partial charge on any atom is -0.299 e. The van der Waals surface area contributed by atoms with Crippen molar-refractivity contribution in [3.8, 4) is 0 Å². The van der Waals surface area contributed by atoms with Crippen molar-refractivity contribution in [1.82, 2.24) is 0 Å². The van der Waals surface area contributed by atoms with Crippen molar-refractivity contribution < 1.29 is 4.79 Å². The highest BCUT2D eigenvalue weighted by atomic mass is 16.1. The largest absolute Gasteiger partial charge is 0.299 e. The third kappa shape index (κ3) is 3.32. The second-order valence-electron chi connectivity index (χ2n) is 5.31. The molecule has 85 valence electrons. The van der Waals surface area contributed by atoms with Gasteiger partial charge >= 0.3 is 0 Å². The van der Waals surface area contributed by atoms with Crippen LogP contribution in [0.4, 0.5) is 0 Å². The van der Waals surface area contributed by atoms with Gasteiger partial charge in [-0.25, -0.2) is 0 Å². The minimum absolute atomic E-state index is 0.414. The molecule has 0 amide bonds. The number of hydrogen-bond donors (Lipinski definition) is 0. The third-order valence-corrected chi connectivity index (χ3v) is 4.11. The van der Waals surface area contributed by atoms with Crippen LogP contribution in [0.1, 0.15) is 64.2 Å². The van der Waals surface area contributed by atoms with E-state index in [-0.39, 0.29) is 0 Å². The number of carbonyl (C=O) groups is 1. The molecule has 15 heavy (non-hydrogen) atoms. The quantitative estimate of drug-likeness (QED) is 0.685. The summed E-state index contributed by atoms with van der Waals surface area (Å²) < 4.78 is 0. The van der Waals surface area contributed by atoms with E-state index >= 15 is 0 Å². The van der Waals surface area contributed by atoms with Gasteiger partial charge in [0.05, 0.1) is 0 Å². The minimum atomic E-state index is 0.414. The van der Waals surface area contributed by atoms with Crippen LogP contribution in [0.15, 0.2) is 0 Å². The van der Waals surface area contributed by atoms with Gasteiger partial charge in [0.25, 0.3) is 0 Å². The van der Waals surface area contributed by atoms with Gasteiger partial charge < -0.3 is 0 Å². The van der Waals surface area contributed by atoms with Crippen molar-refractivity contribution in [2.24, 2.45) is 11.8 Å². The van der Waals surface area contributed by atoms with E-state index in [1.54, 1.807) is 0 Å². The molecule has 0 aromatic carbocycles. The summed E-state index contributed by atoms with van der Waals surface area (Å²) >= 11 is 0. The zero-order chi connectivity index (χ0) is 10.5. The summed E-state index contributed by atoms with van der Waals surface area (Å²) in [5, 5.41) is 0. The van der Waals surface area contributed by atoms with Gasteiger partial charge in [0.15, 0.2) is 0 Å². The van der Waals surface area contributed by atoms with E-state index in [4.69, 9.17) is 0 Å². The molecule has 0 aliphatic heterocycles. The van der Waals surface area contributed by atoms with E-state index in [2.05, 4.69) is 6.42 Å². The second kappa shape index (κ2) is 5.67. The monoisotopic (exact) mass is 207 g/mol. The van der Waals surface area contributed by atoms with Crippen LogP contribution in [0.3, 0.4) is 0 Å². The molecular weight excluding hydrogens is 184 g/mol. The maximum Gasteiger partial charge on any atom is 0.136 e. The van der Waals surface area contributed by atoms with E-state index in [0.717, 1.165) is 25.2 Å². The summed E-state index contributed by atoms with van der Waals surface area (Å²) in [6, 6.07) is 0. The first-order valence-electron chi connectivity index (χ1n) is 6.70. The van der Waals surface area contributed by atoms with Crippen LogP contribution in [-0.2, 0) is 4.79 Å². The maximum atomic E-state index is 12.1. The molecule has 0 aromatic heterocycles. The Bertz CT molecular complexity index is 197. The Balaban J connectivity index is 1.74. The predicted octanol–water partition coefficient (Wildman–Crippen LogP) is 3.92. The topological polar surface area (TPSA) is 17.1 Å². The normalized spacial score (nSPS) is 25.3. The highest BCUT2D eigenvalue weighted by Gasteiger charge is 2.24. The highest BCUT2D eigenvalue weighted by Crippen LogP contribution is 2.30. The number of hydrogen-bond acceptors (Lipinski definition) is 1. The number of ketones is 1. The molecule has 2 aliphatic carbocycles. The fourth-order valence-corrected chi connectivity index (χ4v) is 3.09. The Labute approximate surface area is 93.6 Å². The molecule has 0 aromatic rings. The number of Topliss-reactive ketones (excluding diaryl/α,β-unsaturated/α-hetero) is 1. The van der Waals surface area contributed by atoms with Crippen molar-refractivity contribution in [2.75, 3.05) is 0 Å². The Morgan fingerprint density at radius 2 is 1.67 bits per heavy atom. The molecule has 0 spiro atoms. The lowest BCUT2D eigenvalue weighted by Crippen LogP contribution is -2.21. The lowest BCUT2D eigenvalue weighted by molar-refractivity contribution is -0.124. The first-order chi connectivity index (χ1) is 7.36. The molecule has 2 fully saturated rings. The van der Waals surface area contributed by atoms with Gasteiger partial charge in [-0.1, -0.05) is 32.1 Å². The molecule has 2 aliphatic rings. The van der Waals surface area contributed by atoms with Gasteiger partial charge in [-0.3, -0.25) is 4.79 Å². The molecule has 2 saturated carbocycles. The fourth-order valence-electron chi connectivity index (χ4n) is 3.09. The van der Waals surface area contributed by atoms with Gasteiger partial charge in [-0.2, -0.15) is 0 Å². The Morgan fingerprint density at radius 3 is 2.33 bits per heavy atom. The van der Waals surface area contributed by atoms with Gasteiger partial charge in [-0.05, 0) is 38.0 Å². The smallest absolute Gasteiger partial charge is 0.136 e. The number of rotatable bonds is 3. The van der Waals surface area contributed by atoms with Crippen LogP contribution in [0.25, 0.3) is 0 Å². The van der Waals surface area contributed by atoms with Gasteiger partial charge in [0.2, 0.25) is 0 Å². The summed E-state index contributed by atoms with van der Waals surface area (Å²) in [7, 11) is 0. The van der Waals surface area contributed by atoms with Crippen molar-refractivity contribution in [1.29, 1.82) is 0 Å². The average molecular weight is 207 g/mol. The third-order valence-electron chi connectivity index (χ3n) is 4.11.